The molecule has 22 heavy (non-hydrogen) atoms. The molecule has 0 amide bonds. The Morgan fingerprint density at radius 1 is 1.05 bits per heavy atom. The van der Waals surface area contributed by atoms with Gasteiger partial charge in [0.2, 0.25) is 0 Å². The molecule has 4 nitrogen and oxygen atoms in total. The highest BCUT2D eigenvalue weighted by molar-refractivity contribution is 5.81. The van der Waals surface area contributed by atoms with Gasteiger partial charge in [-0.3, -0.25) is 9.59 Å². The topological polar surface area (TPSA) is 81.7 Å². The third kappa shape index (κ3) is 10.8. The van der Waals surface area contributed by atoms with E-state index in [-0.39, 0.29) is 5.92 Å². The number of nitriles is 2. The highest BCUT2D eigenvalue weighted by atomic mass is 16.1. The van der Waals surface area contributed by atoms with Crippen molar-refractivity contribution in [1.82, 2.24) is 0 Å². The van der Waals surface area contributed by atoms with Crippen LogP contribution < -0.4 is 0 Å². The van der Waals surface area contributed by atoms with Crippen molar-refractivity contribution in [3.05, 3.63) is 12.7 Å². The molecule has 4 heteroatoms. The van der Waals surface area contributed by atoms with Gasteiger partial charge in [0, 0.05) is 37.7 Å². The molecule has 0 aromatic heterocycles. The number of nitrogens with zero attached hydrogens (tertiary/aromatic N) is 2. The van der Waals surface area contributed by atoms with Gasteiger partial charge in [0.05, 0.1) is 12.1 Å². The molecule has 2 rings (SSSR count). The molecule has 0 spiro atoms. The van der Waals surface area contributed by atoms with Gasteiger partial charge in [-0.25, -0.2) is 0 Å². The third-order valence-electron chi connectivity index (χ3n) is 3.79. The molecule has 2 saturated carbocycles. The standard InChI is InChI=1S/C9H13NO.C6H10O.C3H3N/c10-7-3-5-8-4-1-2-6-9(8)11;7-6-4-2-1-3-5-6;1-2-3-4/h8H,1-6H2;1-5H2;2H,1H2. The first-order valence-corrected chi connectivity index (χ1v) is 8.07. The summed E-state index contributed by atoms with van der Waals surface area (Å²) in [5.74, 6) is 1.06. The van der Waals surface area contributed by atoms with Crippen LogP contribution in [0, 0.1) is 28.6 Å². The molecule has 2 fully saturated rings. The summed E-state index contributed by atoms with van der Waals surface area (Å²) in [4.78, 5) is 21.7. The molecule has 0 aromatic rings. The van der Waals surface area contributed by atoms with Crippen LogP contribution in [0.3, 0.4) is 0 Å². The van der Waals surface area contributed by atoms with Crippen molar-refractivity contribution in [3.8, 4) is 12.1 Å². The fourth-order valence-corrected chi connectivity index (χ4v) is 2.55. The molecule has 1 unspecified atom stereocenters. The molecular weight excluding hydrogens is 276 g/mol. The molecule has 0 saturated heterocycles. The minimum atomic E-state index is 0.211. The van der Waals surface area contributed by atoms with E-state index < -0.39 is 0 Å². The number of carbonyl (C=O) groups excluding carboxylic acids is 2. The van der Waals surface area contributed by atoms with Crippen LogP contribution in [0.4, 0.5) is 0 Å². The quantitative estimate of drug-likeness (QED) is 0.713. The highest BCUT2D eigenvalue weighted by Gasteiger charge is 2.20. The molecule has 120 valence electrons. The molecule has 0 radical (unpaired) electrons. The van der Waals surface area contributed by atoms with Crippen molar-refractivity contribution >= 4 is 11.6 Å². The maximum absolute atomic E-state index is 11.2. The van der Waals surface area contributed by atoms with E-state index in [0.29, 0.717) is 18.0 Å². The van der Waals surface area contributed by atoms with Gasteiger partial charge in [-0.15, -0.1) is 0 Å². The zero-order valence-corrected chi connectivity index (χ0v) is 13.4. The fraction of sp³-hybridized carbons (Fsp3) is 0.667. The molecule has 2 aliphatic rings. The zero-order valence-electron chi connectivity index (χ0n) is 13.4. The Kier molecular flexibility index (Phi) is 12.8. The van der Waals surface area contributed by atoms with E-state index in [1.165, 1.54) is 18.9 Å². The number of Topliss-reactive ketones (excluding diaryl/α,β-unsaturated/α-hetero) is 2. The summed E-state index contributed by atoms with van der Waals surface area (Å²) in [6.07, 6.45) is 11.7. The summed E-state index contributed by atoms with van der Waals surface area (Å²) in [5, 5.41) is 15.8. The maximum atomic E-state index is 11.2. The lowest BCUT2D eigenvalue weighted by atomic mass is 9.85. The predicted molar refractivity (Wildman–Crippen MR) is 85.7 cm³/mol. The van der Waals surface area contributed by atoms with E-state index >= 15 is 0 Å². The molecule has 0 bridgehead atoms. The van der Waals surface area contributed by atoms with Gasteiger partial charge in [0.15, 0.2) is 0 Å². The first-order valence-electron chi connectivity index (χ1n) is 8.07. The number of carbonyl (C=O) groups is 2. The average Bonchev–Trinajstić information content (AvgIpc) is 2.56. The van der Waals surface area contributed by atoms with Gasteiger partial charge in [0.1, 0.15) is 11.6 Å². The maximum Gasteiger partial charge on any atom is 0.136 e. The molecule has 0 heterocycles. The monoisotopic (exact) mass is 302 g/mol. The average molecular weight is 302 g/mol. The van der Waals surface area contributed by atoms with Crippen LogP contribution in [0.1, 0.15) is 70.6 Å². The van der Waals surface area contributed by atoms with E-state index in [9.17, 15) is 9.59 Å². The summed E-state index contributed by atoms with van der Waals surface area (Å²) < 4.78 is 0. The van der Waals surface area contributed by atoms with Crippen molar-refractivity contribution in [1.29, 1.82) is 10.5 Å². The third-order valence-corrected chi connectivity index (χ3v) is 3.79. The van der Waals surface area contributed by atoms with E-state index in [1.807, 2.05) is 0 Å². The summed E-state index contributed by atoms with van der Waals surface area (Å²) >= 11 is 0. The van der Waals surface area contributed by atoms with Gasteiger partial charge < -0.3 is 0 Å². The van der Waals surface area contributed by atoms with E-state index in [4.69, 9.17) is 10.5 Å². The van der Waals surface area contributed by atoms with Crippen LogP contribution in [-0.4, -0.2) is 11.6 Å². The fourth-order valence-electron chi connectivity index (χ4n) is 2.55. The lowest BCUT2D eigenvalue weighted by molar-refractivity contribution is -0.124. The van der Waals surface area contributed by atoms with Crippen molar-refractivity contribution in [2.45, 2.75) is 70.6 Å². The van der Waals surface area contributed by atoms with Crippen molar-refractivity contribution < 1.29 is 9.59 Å². The largest absolute Gasteiger partial charge is 0.300 e. The van der Waals surface area contributed by atoms with Gasteiger partial charge >= 0.3 is 0 Å². The second-order valence-corrected chi connectivity index (χ2v) is 5.54. The van der Waals surface area contributed by atoms with Crippen LogP contribution in [0.2, 0.25) is 0 Å². The Hall–Kier alpha value is -1.94. The van der Waals surface area contributed by atoms with Crippen LogP contribution in [0.25, 0.3) is 0 Å². The Balaban J connectivity index is 0.000000343. The van der Waals surface area contributed by atoms with Crippen LogP contribution in [0.15, 0.2) is 12.7 Å². The Labute approximate surface area is 133 Å². The van der Waals surface area contributed by atoms with Gasteiger partial charge in [0.25, 0.3) is 0 Å². The predicted octanol–water partition coefficient (Wildman–Crippen LogP) is 4.27. The van der Waals surface area contributed by atoms with E-state index in [1.54, 1.807) is 6.07 Å². The Morgan fingerprint density at radius 3 is 2.05 bits per heavy atom. The number of hydrogen-bond acceptors (Lipinski definition) is 4. The molecule has 0 aliphatic heterocycles. The number of allylic oxidation sites excluding steroid dienone is 1. The second kappa shape index (κ2) is 14.0. The smallest absolute Gasteiger partial charge is 0.136 e. The molecule has 1 atom stereocenters. The zero-order chi connectivity index (χ0) is 16.6. The lowest BCUT2D eigenvalue weighted by Gasteiger charge is -2.18. The van der Waals surface area contributed by atoms with Gasteiger partial charge in [-0.1, -0.05) is 19.4 Å². The lowest BCUT2D eigenvalue weighted by Crippen LogP contribution is -2.18. The van der Waals surface area contributed by atoms with Gasteiger partial charge in [-0.05, 0) is 32.1 Å². The Bertz CT molecular complexity index is 421. The number of hydrogen-bond donors (Lipinski definition) is 0. The summed E-state index contributed by atoms with van der Waals surface area (Å²) in [6, 6.07) is 3.78. The first-order chi connectivity index (χ1) is 10.7. The minimum Gasteiger partial charge on any atom is -0.300 e. The van der Waals surface area contributed by atoms with Crippen LogP contribution in [-0.2, 0) is 9.59 Å². The first kappa shape index (κ1) is 20.1. The molecule has 0 aromatic carbocycles. The minimum absolute atomic E-state index is 0.211. The van der Waals surface area contributed by atoms with Crippen molar-refractivity contribution in [2.75, 3.05) is 0 Å². The van der Waals surface area contributed by atoms with Crippen molar-refractivity contribution in [2.24, 2.45) is 5.92 Å². The second-order valence-electron chi connectivity index (χ2n) is 5.54. The summed E-state index contributed by atoms with van der Waals surface area (Å²) in [7, 11) is 0. The number of rotatable bonds is 2. The normalized spacial score (nSPS) is 20.2. The van der Waals surface area contributed by atoms with Crippen LogP contribution in [0.5, 0.6) is 0 Å². The van der Waals surface area contributed by atoms with E-state index in [0.717, 1.165) is 51.4 Å². The summed E-state index contributed by atoms with van der Waals surface area (Å²) in [6.45, 7) is 3.12. The summed E-state index contributed by atoms with van der Waals surface area (Å²) in [5.41, 5.74) is 0. The Morgan fingerprint density at radius 2 is 1.64 bits per heavy atom. The highest BCUT2D eigenvalue weighted by Crippen LogP contribution is 2.23. The van der Waals surface area contributed by atoms with Crippen LogP contribution >= 0.6 is 0 Å². The molecular formula is C18H26N2O2. The molecule has 2 aliphatic carbocycles. The van der Waals surface area contributed by atoms with Crippen molar-refractivity contribution in [3.63, 3.8) is 0 Å². The van der Waals surface area contributed by atoms with E-state index in [2.05, 4.69) is 12.6 Å². The SMILES string of the molecule is C=CC#N.N#CCCC1CCCCC1=O.O=C1CCCCC1. The number of ketones is 2. The molecule has 0 N–H and O–H groups in total. The van der Waals surface area contributed by atoms with Gasteiger partial charge in [-0.2, -0.15) is 10.5 Å².